The Bertz CT molecular complexity index is 704. The summed E-state index contributed by atoms with van der Waals surface area (Å²) < 4.78 is 0. The number of nitrogens with two attached hydrogens (primary N) is 2. The molecule has 13 nitrogen and oxygen atoms in total. The summed E-state index contributed by atoms with van der Waals surface area (Å²) in [6.45, 7) is 3.36. The van der Waals surface area contributed by atoms with Crippen LogP contribution in [-0.2, 0) is 28.8 Å². The van der Waals surface area contributed by atoms with Crippen LogP contribution < -0.4 is 27.4 Å². The maximum Gasteiger partial charge on any atom is 0.327 e. The molecule has 0 aliphatic rings. The summed E-state index contributed by atoms with van der Waals surface area (Å²) in [6.07, 6.45) is -0.928. The molecule has 5 atom stereocenters. The van der Waals surface area contributed by atoms with Crippen LogP contribution in [0.5, 0.6) is 0 Å². The van der Waals surface area contributed by atoms with Crippen molar-refractivity contribution in [2.24, 2.45) is 17.4 Å². The summed E-state index contributed by atoms with van der Waals surface area (Å²) >= 11 is 3.86. The van der Waals surface area contributed by atoms with E-state index in [1.54, 1.807) is 13.8 Å². The summed E-state index contributed by atoms with van der Waals surface area (Å²) in [5.74, 6) is -6.99. The average Bonchev–Trinajstić information content (AvgIpc) is 2.67. The summed E-state index contributed by atoms with van der Waals surface area (Å²) in [5, 5.41) is 24.6. The van der Waals surface area contributed by atoms with Crippen molar-refractivity contribution in [2.45, 2.75) is 57.3 Å². The van der Waals surface area contributed by atoms with Crippen molar-refractivity contribution in [3.8, 4) is 0 Å². The van der Waals surface area contributed by atoms with E-state index in [0.717, 1.165) is 0 Å². The molecular weight excluding hydrogens is 434 g/mol. The number of carbonyl (C=O) groups excluding carboxylic acids is 4. The molecule has 0 aromatic rings. The van der Waals surface area contributed by atoms with Gasteiger partial charge in [-0.3, -0.25) is 24.0 Å². The number of amides is 4. The van der Waals surface area contributed by atoms with Gasteiger partial charge in [-0.05, 0) is 5.92 Å². The molecular formula is C17H29N5O8S. The molecule has 31 heavy (non-hydrogen) atoms. The summed E-state index contributed by atoms with van der Waals surface area (Å²) in [7, 11) is 0. The molecule has 0 spiro atoms. The predicted molar refractivity (Wildman–Crippen MR) is 111 cm³/mol. The van der Waals surface area contributed by atoms with Crippen LogP contribution in [0.15, 0.2) is 0 Å². The Kier molecular flexibility index (Phi) is 12.2. The number of rotatable bonds is 14. The number of primary amides is 1. The Labute approximate surface area is 184 Å². The van der Waals surface area contributed by atoms with Crippen molar-refractivity contribution >= 4 is 48.2 Å². The minimum atomic E-state index is -1.52. The first-order valence-electron chi connectivity index (χ1n) is 9.34. The van der Waals surface area contributed by atoms with Gasteiger partial charge in [-0.2, -0.15) is 12.6 Å². The molecule has 0 rings (SSSR count). The van der Waals surface area contributed by atoms with E-state index in [-0.39, 0.29) is 5.75 Å². The topological polar surface area (TPSA) is 231 Å². The second-order valence-electron chi connectivity index (χ2n) is 6.89. The summed E-state index contributed by atoms with van der Waals surface area (Å²) in [4.78, 5) is 70.5. The van der Waals surface area contributed by atoms with Crippen LogP contribution >= 0.6 is 12.6 Å². The number of thiol groups is 1. The highest BCUT2D eigenvalue weighted by atomic mass is 32.1. The lowest BCUT2D eigenvalue weighted by Crippen LogP contribution is -2.59. The first-order valence-corrected chi connectivity index (χ1v) is 9.97. The predicted octanol–water partition coefficient (Wildman–Crippen LogP) is -2.82. The Morgan fingerprint density at radius 1 is 0.903 bits per heavy atom. The molecule has 0 fully saturated rings. The number of hydrogen-bond acceptors (Lipinski definition) is 8. The van der Waals surface area contributed by atoms with Crippen LogP contribution in [0.1, 0.15) is 33.1 Å². The van der Waals surface area contributed by atoms with Crippen molar-refractivity contribution in [1.82, 2.24) is 16.0 Å². The van der Waals surface area contributed by atoms with Gasteiger partial charge in [0.05, 0.1) is 18.9 Å². The van der Waals surface area contributed by atoms with Crippen molar-refractivity contribution in [3.05, 3.63) is 0 Å². The van der Waals surface area contributed by atoms with Gasteiger partial charge in [0.1, 0.15) is 18.1 Å². The van der Waals surface area contributed by atoms with E-state index in [4.69, 9.17) is 21.7 Å². The van der Waals surface area contributed by atoms with Gasteiger partial charge in [-0.1, -0.05) is 20.3 Å². The molecule has 0 heterocycles. The molecule has 9 N–H and O–H groups in total. The van der Waals surface area contributed by atoms with Crippen LogP contribution in [-0.4, -0.2) is 75.7 Å². The molecule has 176 valence electrons. The average molecular weight is 464 g/mol. The molecule has 4 amide bonds. The fourth-order valence-corrected chi connectivity index (χ4v) is 2.62. The van der Waals surface area contributed by atoms with E-state index < -0.39 is 78.5 Å². The molecule has 0 aromatic carbocycles. The SMILES string of the molecule is CCC(C)C(NC(=O)C(CC(N)=O)NC(=O)C(N)CC(=O)O)C(=O)NC(CS)C(=O)O. The van der Waals surface area contributed by atoms with E-state index in [9.17, 15) is 28.8 Å². The van der Waals surface area contributed by atoms with E-state index in [2.05, 4.69) is 28.6 Å². The molecule has 14 heteroatoms. The number of carboxylic acid groups (broad SMARTS) is 2. The molecule has 0 saturated carbocycles. The number of nitrogens with one attached hydrogen (secondary N) is 3. The van der Waals surface area contributed by atoms with Crippen LogP contribution in [0.3, 0.4) is 0 Å². The Morgan fingerprint density at radius 3 is 1.87 bits per heavy atom. The maximum absolute atomic E-state index is 12.7. The lowest BCUT2D eigenvalue weighted by atomic mass is 9.97. The second-order valence-corrected chi connectivity index (χ2v) is 7.25. The highest BCUT2D eigenvalue weighted by Gasteiger charge is 2.33. The summed E-state index contributed by atoms with van der Waals surface area (Å²) in [5.41, 5.74) is 10.6. The van der Waals surface area contributed by atoms with Gasteiger partial charge in [0.2, 0.25) is 23.6 Å². The lowest BCUT2D eigenvalue weighted by Gasteiger charge is -2.27. The zero-order valence-corrected chi connectivity index (χ0v) is 18.1. The van der Waals surface area contributed by atoms with Gasteiger partial charge < -0.3 is 37.6 Å². The lowest BCUT2D eigenvalue weighted by molar-refractivity contribution is -0.142. The van der Waals surface area contributed by atoms with Gasteiger partial charge in [-0.25, -0.2) is 4.79 Å². The van der Waals surface area contributed by atoms with Gasteiger partial charge in [-0.15, -0.1) is 0 Å². The highest BCUT2D eigenvalue weighted by Crippen LogP contribution is 2.10. The Hall–Kier alpha value is -2.87. The molecule has 0 aliphatic heterocycles. The molecule has 0 aromatic heterocycles. The largest absolute Gasteiger partial charge is 0.481 e. The Morgan fingerprint density at radius 2 is 1.45 bits per heavy atom. The van der Waals surface area contributed by atoms with Crippen molar-refractivity contribution in [1.29, 1.82) is 0 Å². The smallest absolute Gasteiger partial charge is 0.327 e. The third-order valence-electron chi connectivity index (χ3n) is 4.36. The second kappa shape index (κ2) is 13.4. The number of carbonyl (C=O) groups is 6. The van der Waals surface area contributed by atoms with E-state index >= 15 is 0 Å². The fourth-order valence-electron chi connectivity index (χ4n) is 2.37. The van der Waals surface area contributed by atoms with E-state index in [1.165, 1.54) is 0 Å². The number of hydrogen-bond donors (Lipinski definition) is 8. The van der Waals surface area contributed by atoms with Crippen molar-refractivity contribution < 1.29 is 39.0 Å². The molecule has 0 bridgehead atoms. The van der Waals surface area contributed by atoms with Crippen LogP contribution in [0, 0.1) is 5.92 Å². The minimum absolute atomic E-state index is 0.190. The van der Waals surface area contributed by atoms with Crippen LogP contribution in [0.25, 0.3) is 0 Å². The Balaban J connectivity index is 5.51. The van der Waals surface area contributed by atoms with Crippen LogP contribution in [0.2, 0.25) is 0 Å². The molecule has 5 unspecified atom stereocenters. The van der Waals surface area contributed by atoms with Gasteiger partial charge >= 0.3 is 11.9 Å². The van der Waals surface area contributed by atoms with Gasteiger partial charge in [0.25, 0.3) is 0 Å². The normalized spacial score (nSPS) is 15.5. The van der Waals surface area contributed by atoms with E-state index in [1.807, 2.05) is 0 Å². The molecule has 0 saturated heterocycles. The highest BCUT2D eigenvalue weighted by molar-refractivity contribution is 7.80. The van der Waals surface area contributed by atoms with Crippen molar-refractivity contribution in [3.63, 3.8) is 0 Å². The fraction of sp³-hybridized carbons (Fsp3) is 0.647. The number of aliphatic carboxylic acids is 2. The third-order valence-corrected chi connectivity index (χ3v) is 4.73. The van der Waals surface area contributed by atoms with Crippen molar-refractivity contribution in [2.75, 3.05) is 5.75 Å². The molecule has 0 aliphatic carbocycles. The third kappa shape index (κ3) is 10.1. The standard InChI is InChI=1S/C17H29N5O8S/c1-3-7(2)13(16(28)21-10(6-31)17(29)30)22-15(27)9(5-11(19)23)20-14(26)8(18)4-12(24)25/h7-10,13,31H,3-6,18H2,1-2H3,(H2,19,23)(H,20,26)(H,21,28)(H,22,27)(H,24,25)(H,29,30). The first kappa shape index (κ1) is 28.1. The van der Waals surface area contributed by atoms with Gasteiger partial charge in [0, 0.05) is 5.75 Å². The maximum atomic E-state index is 12.7. The number of carboxylic acids is 2. The van der Waals surface area contributed by atoms with Crippen LogP contribution in [0.4, 0.5) is 0 Å². The molecule has 0 radical (unpaired) electrons. The zero-order chi connectivity index (χ0) is 24.3. The van der Waals surface area contributed by atoms with Gasteiger partial charge in [0.15, 0.2) is 0 Å². The monoisotopic (exact) mass is 463 g/mol. The van der Waals surface area contributed by atoms with E-state index in [0.29, 0.717) is 6.42 Å². The zero-order valence-electron chi connectivity index (χ0n) is 17.2. The summed E-state index contributed by atoms with van der Waals surface area (Å²) in [6, 6.07) is -5.50. The minimum Gasteiger partial charge on any atom is -0.481 e. The quantitative estimate of drug-likeness (QED) is 0.124. The first-order chi connectivity index (χ1) is 14.3.